The van der Waals surface area contributed by atoms with E-state index in [2.05, 4.69) is 17.2 Å². The first-order valence-corrected chi connectivity index (χ1v) is 10.1. The fourth-order valence-corrected chi connectivity index (χ4v) is 4.40. The van der Waals surface area contributed by atoms with E-state index in [1.165, 1.54) is 22.7 Å². The van der Waals surface area contributed by atoms with Crippen LogP contribution < -0.4 is 11.1 Å². The average Bonchev–Trinajstić information content (AvgIpc) is 3.26. The van der Waals surface area contributed by atoms with Crippen LogP contribution in [0.3, 0.4) is 0 Å². The summed E-state index contributed by atoms with van der Waals surface area (Å²) in [7, 11) is 0. The smallest absolute Gasteiger partial charge is 0.267 e. The number of hydrogen-bond donors (Lipinski definition) is 2. The van der Waals surface area contributed by atoms with Gasteiger partial charge in [0.1, 0.15) is 0 Å². The summed E-state index contributed by atoms with van der Waals surface area (Å²) in [5.74, 6) is 0.496. The van der Waals surface area contributed by atoms with Crippen LogP contribution in [-0.4, -0.2) is 40.8 Å². The summed E-state index contributed by atoms with van der Waals surface area (Å²) in [4.78, 5) is 31.6. The Balaban J connectivity index is 1.59. The molecule has 3 heterocycles. The van der Waals surface area contributed by atoms with E-state index < -0.39 is 0 Å². The van der Waals surface area contributed by atoms with E-state index >= 15 is 0 Å². The molecule has 3 N–H and O–H groups in total. The van der Waals surface area contributed by atoms with Crippen LogP contribution in [0.2, 0.25) is 0 Å². The molecule has 2 aromatic heterocycles. The molecule has 1 saturated heterocycles. The quantitative estimate of drug-likeness (QED) is 0.837. The lowest BCUT2D eigenvalue weighted by molar-refractivity contribution is -0.134. The second-order valence-corrected chi connectivity index (χ2v) is 8.16. The van der Waals surface area contributed by atoms with Crippen molar-refractivity contribution in [1.29, 1.82) is 0 Å². The van der Waals surface area contributed by atoms with Crippen molar-refractivity contribution >= 4 is 39.6 Å². The predicted molar refractivity (Wildman–Crippen MR) is 101 cm³/mol. The Kier molecular flexibility index (Phi) is 5.82. The fourth-order valence-electron chi connectivity index (χ4n) is 3.07. The number of nitrogens with zero attached hydrogens (tertiary/aromatic N) is 2. The largest absolute Gasteiger partial charge is 0.338 e. The van der Waals surface area contributed by atoms with E-state index in [1.54, 1.807) is 6.07 Å². The third-order valence-corrected chi connectivity index (χ3v) is 6.10. The van der Waals surface area contributed by atoms with Gasteiger partial charge in [-0.1, -0.05) is 13.0 Å². The molecule has 2 unspecified atom stereocenters. The van der Waals surface area contributed by atoms with Gasteiger partial charge in [0.2, 0.25) is 5.91 Å². The molecule has 1 aliphatic rings. The summed E-state index contributed by atoms with van der Waals surface area (Å²) < 4.78 is 0. The summed E-state index contributed by atoms with van der Waals surface area (Å²) in [5, 5.41) is 6.98. The van der Waals surface area contributed by atoms with E-state index in [4.69, 9.17) is 5.73 Å². The van der Waals surface area contributed by atoms with Crippen molar-refractivity contribution in [2.75, 3.05) is 18.4 Å². The highest BCUT2D eigenvalue weighted by Gasteiger charge is 2.29. The van der Waals surface area contributed by atoms with Crippen molar-refractivity contribution in [2.45, 2.75) is 32.2 Å². The predicted octanol–water partition coefficient (Wildman–Crippen LogP) is 2.59. The SMILES string of the molecule is CC1CCN(C(=O)Cc2csc(NC(=O)c3cccs3)n2)C(CN)C1. The minimum Gasteiger partial charge on any atom is -0.338 e. The number of aromatic nitrogens is 1. The minimum absolute atomic E-state index is 0.0591. The van der Waals surface area contributed by atoms with Gasteiger partial charge in [0, 0.05) is 24.5 Å². The zero-order chi connectivity index (χ0) is 17.8. The van der Waals surface area contributed by atoms with Gasteiger partial charge in [-0.15, -0.1) is 22.7 Å². The molecule has 134 valence electrons. The molecule has 2 aromatic rings. The number of anilines is 1. The van der Waals surface area contributed by atoms with Gasteiger partial charge in [-0.05, 0) is 30.2 Å². The third kappa shape index (κ3) is 4.45. The summed E-state index contributed by atoms with van der Waals surface area (Å²) in [6.07, 6.45) is 2.22. The number of carbonyl (C=O) groups is 2. The van der Waals surface area contributed by atoms with E-state index in [9.17, 15) is 9.59 Å². The second-order valence-electron chi connectivity index (χ2n) is 6.36. The van der Waals surface area contributed by atoms with Gasteiger partial charge in [-0.25, -0.2) is 4.98 Å². The van der Waals surface area contributed by atoms with Crippen LogP contribution in [0.5, 0.6) is 0 Å². The van der Waals surface area contributed by atoms with Gasteiger partial charge in [-0.3, -0.25) is 14.9 Å². The first kappa shape index (κ1) is 18.0. The molecule has 0 aromatic carbocycles. The van der Waals surface area contributed by atoms with Crippen molar-refractivity contribution in [3.8, 4) is 0 Å². The highest BCUT2D eigenvalue weighted by atomic mass is 32.1. The highest BCUT2D eigenvalue weighted by Crippen LogP contribution is 2.24. The number of thiophene rings is 1. The van der Waals surface area contributed by atoms with E-state index in [1.807, 2.05) is 21.7 Å². The number of carbonyl (C=O) groups excluding carboxylic acids is 2. The number of nitrogens with two attached hydrogens (primary N) is 1. The molecule has 0 aliphatic carbocycles. The number of likely N-dealkylation sites (tertiary alicyclic amines) is 1. The molecule has 25 heavy (non-hydrogen) atoms. The van der Waals surface area contributed by atoms with Gasteiger partial charge >= 0.3 is 0 Å². The van der Waals surface area contributed by atoms with Crippen LogP contribution in [0.15, 0.2) is 22.9 Å². The number of piperidine rings is 1. The Morgan fingerprint density at radius 3 is 3.00 bits per heavy atom. The molecule has 0 spiro atoms. The molecule has 0 saturated carbocycles. The molecule has 1 fully saturated rings. The molecule has 0 radical (unpaired) electrons. The van der Waals surface area contributed by atoms with Gasteiger partial charge in [0.05, 0.1) is 17.0 Å². The summed E-state index contributed by atoms with van der Waals surface area (Å²) >= 11 is 2.72. The lowest BCUT2D eigenvalue weighted by Gasteiger charge is -2.38. The Labute approximate surface area is 155 Å². The molecular formula is C17H22N4O2S2. The molecule has 2 atom stereocenters. The summed E-state index contributed by atoms with van der Waals surface area (Å²) in [6.45, 7) is 3.46. The Bertz CT molecular complexity index is 729. The van der Waals surface area contributed by atoms with Crippen molar-refractivity contribution in [3.05, 3.63) is 33.5 Å². The van der Waals surface area contributed by atoms with Gasteiger partial charge in [0.25, 0.3) is 5.91 Å². The molecule has 2 amide bonds. The van der Waals surface area contributed by atoms with Crippen LogP contribution >= 0.6 is 22.7 Å². The maximum atomic E-state index is 12.6. The maximum absolute atomic E-state index is 12.6. The second kappa shape index (κ2) is 8.07. The van der Waals surface area contributed by atoms with Gasteiger partial charge < -0.3 is 10.6 Å². The Morgan fingerprint density at radius 2 is 2.28 bits per heavy atom. The lowest BCUT2D eigenvalue weighted by atomic mass is 9.92. The highest BCUT2D eigenvalue weighted by molar-refractivity contribution is 7.14. The van der Waals surface area contributed by atoms with E-state index in [0.29, 0.717) is 28.2 Å². The molecule has 3 rings (SSSR count). The Hall–Kier alpha value is -1.77. The zero-order valence-corrected chi connectivity index (χ0v) is 15.7. The first-order chi connectivity index (χ1) is 12.1. The number of rotatable bonds is 5. The van der Waals surface area contributed by atoms with Crippen LogP contribution in [0.4, 0.5) is 5.13 Å². The molecule has 6 nitrogen and oxygen atoms in total. The van der Waals surface area contributed by atoms with E-state index in [-0.39, 0.29) is 24.3 Å². The number of thiazole rings is 1. The fraction of sp³-hybridized carbons (Fsp3) is 0.471. The molecule has 1 aliphatic heterocycles. The third-order valence-electron chi connectivity index (χ3n) is 4.42. The van der Waals surface area contributed by atoms with Crippen LogP contribution in [-0.2, 0) is 11.2 Å². The van der Waals surface area contributed by atoms with E-state index in [0.717, 1.165) is 19.4 Å². The zero-order valence-electron chi connectivity index (χ0n) is 14.1. The topological polar surface area (TPSA) is 88.3 Å². The van der Waals surface area contributed by atoms with Crippen molar-refractivity contribution in [3.63, 3.8) is 0 Å². The van der Waals surface area contributed by atoms with Crippen LogP contribution in [0.1, 0.15) is 35.1 Å². The van der Waals surface area contributed by atoms with Crippen LogP contribution in [0, 0.1) is 5.92 Å². The monoisotopic (exact) mass is 378 g/mol. The normalized spacial score (nSPS) is 20.5. The number of nitrogens with one attached hydrogen (secondary N) is 1. The van der Waals surface area contributed by atoms with Crippen molar-refractivity contribution in [2.24, 2.45) is 11.7 Å². The molecular weight excluding hydrogens is 356 g/mol. The summed E-state index contributed by atoms with van der Waals surface area (Å²) in [6, 6.07) is 3.72. The van der Waals surface area contributed by atoms with Gasteiger partial charge in [-0.2, -0.15) is 0 Å². The number of amides is 2. The van der Waals surface area contributed by atoms with Crippen molar-refractivity contribution < 1.29 is 9.59 Å². The standard InChI is InChI=1S/C17H22N4O2S2/c1-11-4-5-21(13(7-11)9-18)15(22)8-12-10-25-17(19-12)20-16(23)14-3-2-6-24-14/h2-3,6,10-11,13H,4-5,7-9,18H2,1H3,(H,19,20,23). The molecule has 8 heteroatoms. The maximum Gasteiger partial charge on any atom is 0.267 e. The Morgan fingerprint density at radius 1 is 1.44 bits per heavy atom. The van der Waals surface area contributed by atoms with Gasteiger partial charge in [0.15, 0.2) is 5.13 Å². The number of hydrogen-bond acceptors (Lipinski definition) is 6. The lowest BCUT2D eigenvalue weighted by Crippen LogP contribution is -2.49. The first-order valence-electron chi connectivity index (χ1n) is 8.35. The average molecular weight is 379 g/mol. The van der Waals surface area contributed by atoms with Crippen LogP contribution in [0.25, 0.3) is 0 Å². The van der Waals surface area contributed by atoms with Crippen molar-refractivity contribution in [1.82, 2.24) is 9.88 Å². The molecule has 0 bridgehead atoms. The minimum atomic E-state index is -0.171. The summed E-state index contributed by atoms with van der Waals surface area (Å²) in [5.41, 5.74) is 6.52.